The first-order valence-electron chi connectivity index (χ1n) is 7.58. The van der Waals surface area contributed by atoms with Gasteiger partial charge in [0, 0.05) is 39.0 Å². The summed E-state index contributed by atoms with van der Waals surface area (Å²) in [4.78, 5) is 27.5. The number of ether oxygens (including phenoxy) is 3. The van der Waals surface area contributed by atoms with Gasteiger partial charge in [0.1, 0.15) is 18.3 Å². The summed E-state index contributed by atoms with van der Waals surface area (Å²) in [6.07, 6.45) is -1.48. The number of nitrogens with one attached hydrogen (secondary N) is 1. The summed E-state index contributed by atoms with van der Waals surface area (Å²) < 4.78 is 17.7. The fraction of sp³-hybridized carbons (Fsp3) is 0.714. The molecule has 9 heteroatoms. The van der Waals surface area contributed by atoms with Gasteiger partial charge in [0.05, 0.1) is 13.2 Å². The second-order valence-corrected chi connectivity index (χ2v) is 5.69. The molecule has 0 amide bonds. The van der Waals surface area contributed by atoms with Gasteiger partial charge in [-0.25, -0.2) is 4.79 Å². The molecule has 0 saturated carbocycles. The molecule has 3 rings (SSSR count). The highest BCUT2D eigenvalue weighted by atomic mass is 16.6. The van der Waals surface area contributed by atoms with E-state index in [2.05, 4.69) is 9.88 Å². The lowest BCUT2D eigenvalue weighted by Crippen LogP contribution is -2.45. The molecule has 4 atom stereocenters. The van der Waals surface area contributed by atoms with Crippen LogP contribution in [0, 0.1) is 0 Å². The summed E-state index contributed by atoms with van der Waals surface area (Å²) in [5, 5.41) is 10.5. The van der Waals surface area contributed by atoms with Crippen LogP contribution in [0.2, 0.25) is 0 Å². The number of aromatic nitrogens is 2. The normalized spacial score (nSPS) is 32.3. The van der Waals surface area contributed by atoms with Gasteiger partial charge in [0.15, 0.2) is 6.23 Å². The van der Waals surface area contributed by atoms with Crippen molar-refractivity contribution >= 4 is 0 Å². The third-order valence-electron chi connectivity index (χ3n) is 4.25. The van der Waals surface area contributed by atoms with Crippen molar-refractivity contribution in [3.63, 3.8) is 0 Å². The first kappa shape index (κ1) is 16.3. The van der Waals surface area contributed by atoms with E-state index in [4.69, 9.17) is 14.2 Å². The van der Waals surface area contributed by atoms with Gasteiger partial charge in [0.25, 0.3) is 5.56 Å². The second kappa shape index (κ2) is 6.93. The number of aliphatic hydroxyl groups excluding tert-OH is 1. The van der Waals surface area contributed by atoms with Crippen molar-refractivity contribution < 1.29 is 19.3 Å². The summed E-state index contributed by atoms with van der Waals surface area (Å²) in [5.41, 5.74) is -1.08. The lowest BCUT2D eigenvalue weighted by Gasteiger charge is -2.29. The molecule has 0 radical (unpaired) electrons. The Bertz CT molecular complexity index is 638. The summed E-state index contributed by atoms with van der Waals surface area (Å²) in [7, 11) is 1.46. The second-order valence-electron chi connectivity index (χ2n) is 5.69. The molecule has 1 aromatic rings. The molecule has 0 unspecified atom stereocenters. The van der Waals surface area contributed by atoms with E-state index in [-0.39, 0.29) is 0 Å². The third-order valence-corrected chi connectivity index (χ3v) is 4.25. The highest BCUT2D eigenvalue weighted by Crippen LogP contribution is 2.30. The van der Waals surface area contributed by atoms with Crippen LogP contribution < -0.4 is 11.2 Å². The minimum atomic E-state index is -0.869. The molecule has 2 fully saturated rings. The van der Waals surface area contributed by atoms with Gasteiger partial charge < -0.3 is 19.3 Å². The quantitative estimate of drug-likeness (QED) is 0.668. The number of H-pyrrole nitrogens is 1. The molecule has 0 bridgehead atoms. The van der Waals surface area contributed by atoms with Crippen molar-refractivity contribution in [2.24, 2.45) is 0 Å². The van der Waals surface area contributed by atoms with Crippen molar-refractivity contribution in [2.45, 2.75) is 24.5 Å². The van der Waals surface area contributed by atoms with Gasteiger partial charge >= 0.3 is 5.69 Å². The Morgan fingerprint density at radius 2 is 2.13 bits per heavy atom. The van der Waals surface area contributed by atoms with Crippen LogP contribution in [-0.4, -0.2) is 77.8 Å². The molecule has 0 aromatic carbocycles. The minimum Gasteiger partial charge on any atom is -0.387 e. The summed E-state index contributed by atoms with van der Waals surface area (Å²) >= 11 is 0. The molecule has 2 N–H and O–H groups in total. The highest BCUT2D eigenvalue weighted by molar-refractivity contribution is 4.95. The molecule has 0 aliphatic carbocycles. The lowest BCUT2D eigenvalue weighted by molar-refractivity contribution is -0.0641. The standard InChI is InChI=1S/C14H21N3O6/c1-21-12-11(19)9(8-16-4-6-22-7-5-16)23-13(12)17-3-2-10(18)15-14(17)20/h2-3,9,11-13,19H,4-8H2,1H3,(H,15,18,20)/t9-,11+,12-,13-/m1/s1. The number of hydrogen-bond donors (Lipinski definition) is 2. The molecule has 3 heterocycles. The van der Waals surface area contributed by atoms with Crippen molar-refractivity contribution in [3.8, 4) is 0 Å². The molecular weight excluding hydrogens is 306 g/mol. The molecule has 1 aromatic heterocycles. The molecule has 2 saturated heterocycles. The minimum absolute atomic E-state index is 0.483. The smallest absolute Gasteiger partial charge is 0.330 e. The van der Waals surface area contributed by atoms with Crippen LogP contribution in [0.5, 0.6) is 0 Å². The van der Waals surface area contributed by atoms with Crippen LogP contribution in [-0.2, 0) is 14.2 Å². The Labute approximate surface area is 132 Å². The van der Waals surface area contributed by atoms with Crippen molar-refractivity contribution in [2.75, 3.05) is 40.0 Å². The molecule has 0 spiro atoms. The summed E-state index contributed by atoms with van der Waals surface area (Å²) in [5.74, 6) is 0. The van der Waals surface area contributed by atoms with E-state index in [1.165, 1.54) is 23.9 Å². The Morgan fingerprint density at radius 1 is 1.39 bits per heavy atom. The number of rotatable bonds is 4. The summed E-state index contributed by atoms with van der Waals surface area (Å²) in [6.45, 7) is 3.37. The van der Waals surface area contributed by atoms with Gasteiger partial charge in [-0.2, -0.15) is 0 Å². The van der Waals surface area contributed by atoms with Gasteiger partial charge in [-0.05, 0) is 0 Å². The van der Waals surface area contributed by atoms with E-state index in [9.17, 15) is 14.7 Å². The van der Waals surface area contributed by atoms with E-state index < -0.39 is 35.8 Å². The highest BCUT2D eigenvalue weighted by Gasteiger charge is 2.45. The molecule has 128 valence electrons. The number of nitrogens with zero attached hydrogens (tertiary/aromatic N) is 2. The van der Waals surface area contributed by atoms with Crippen LogP contribution in [0.4, 0.5) is 0 Å². The predicted molar refractivity (Wildman–Crippen MR) is 79.3 cm³/mol. The van der Waals surface area contributed by atoms with Crippen LogP contribution in [0.3, 0.4) is 0 Å². The zero-order chi connectivity index (χ0) is 16.4. The van der Waals surface area contributed by atoms with E-state index in [0.717, 1.165) is 13.1 Å². The van der Waals surface area contributed by atoms with Crippen molar-refractivity contribution in [1.29, 1.82) is 0 Å². The molecule has 2 aliphatic heterocycles. The average Bonchev–Trinajstić information content (AvgIpc) is 2.84. The molecule has 9 nitrogen and oxygen atoms in total. The van der Waals surface area contributed by atoms with Gasteiger partial charge in [-0.15, -0.1) is 0 Å². The Morgan fingerprint density at radius 3 is 2.78 bits per heavy atom. The maximum absolute atomic E-state index is 12.0. The summed E-state index contributed by atoms with van der Waals surface area (Å²) in [6, 6.07) is 1.24. The van der Waals surface area contributed by atoms with E-state index in [0.29, 0.717) is 19.8 Å². The van der Waals surface area contributed by atoms with E-state index in [1.54, 1.807) is 0 Å². The van der Waals surface area contributed by atoms with Crippen molar-refractivity contribution in [1.82, 2.24) is 14.5 Å². The zero-order valence-electron chi connectivity index (χ0n) is 12.9. The molecule has 23 heavy (non-hydrogen) atoms. The predicted octanol–water partition coefficient (Wildman–Crippen LogP) is -1.86. The fourth-order valence-electron chi connectivity index (χ4n) is 3.01. The first-order chi connectivity index (χ1) is 11.1. The lowest BCUT2D eigenvalue weighted by atomic mass is 10.1. The average molecular weight is 327 g/mol. The van der Waals surface area contributed by atoms with Gasteiger partial charge in [-0.3, -0.25) is 19.2 Å². The molecule has 2 aliphatic rings. The molecular formula is C14H21N3O6. The van der Waals surface area contributed by atoms with Gasteiger partial charge in [-0.1, -0.05) is 0 Å². The van der Waals surface area contributed by atoms with Crippen molar-refractivity contribution in [3.05, 3.63) is 33.1 Å². The van der Waals surface area contributed by atoms with Crippen LogP contribution in [0.1, 0.15) is 6.23 Å². The number of hydrogen-bond acceptors (Lipinski definition) is 7. The zero-order valence-corrected chi connectivity index (χ0v) is 12.9. The first-order valence-corrected chi connectivity index (χ1v) is 7.58. The number of methoxy groups -OCH3 is 1. The van der Waals surface area contributed by atoms with E-state index >= 15 is 0 Å². The maximum Gasteiger partial charge on any atom is 0.330 e. The van der Waals surface area contributed by atoms with Crippen LogP contribution >= 0.6 is 0 Å². The third kappa shape index (κ3) is 3.38. The Hall–Kier alpha value is -1.52. The van der Waals surface area contributed by atoms with Crippen LogP contribution in [0.25, 0.3) is 0 Å². The largest absolute Gasteiger partial charge is 0.387 e. The number of morpholine rings is 1. The van der Waals surface area contributed by atoms with E-state index in [1.807, 2.05) is 0 Å². The monoisotopic (exact) mass is 327 g/mol. The van der Waals surface area contributed by atoms with Gasteiger partial charge in [0.2, 0.25) is 0 Å². The number of aromatic amines is 1. The Kier molecular flexibility index (Phi) is 4.93. The topological polar surface area (TPSA) is 106 Å². The SMILES string of the molecule is CO[C@@H]1[C@@H](O)[C@@H](CN2CCOCC2)O[C@H]1n1ccc(=O)[nH]c1=O. The fourth-order valence-corrected chi connectivity index (χ4v) is 3.01. The Balaban J connectivity index is 1.78. The number of aliphatic hydroxyl groups is 1. The maximum atomic E-state index is 12.0. The van der Waals surface area contributed by atoms with Crippen LogP contribution in [0.15, 0.2) is 21.9 Å².